The molecule has 16 heavy (non-hydrogen) atoms. The molecule has 0 atom stereocenters. The highest BCUT2D eigenvalue weighted by Gasteiger charge is 1.98. The number of rotatable bonds is 7. The second-order valence-corrected chi connectivity index (χ2v) is 4.47. The Morgan fingerprint density at radius 3 is 2.69 bits per heavy atom. The standard InChI is InChI=1S/C12H16BrNO2/c13-10-6-3-4-7-11(10)14-9-5-1-2-8-12(15)16/h3-4,6-7,14H,1-2,5,8-9H2,(H,15,16). The molecule has 0 heterocycles. The molecule has 0 saturated carbocycles. The minimum atomic E-state index is -0.709. The fourth-order valence-corrected chi connectivity index (χ4v) is 1.83. The molecular formula is C12H16BrNO2. The predicted octanol–water partition coefficient (Wildman–Crippen LogP) is 3.51. The highest BCUT2D eigenvalue weighted by atomic mass is 79.9. The summed E-state index contributed by atoms with van der Waals surface area (Å²) in [6, 6.07) is 7.97. The Balaban J connectivity index is 2.12. The minimum Gasteiger partial charge on any atom is -0.481 e. The summed E-state index contributed by atoms with van der Waals surface area (Å²) in [6.45, 7) is 0.877. The van der Waals surface area contributed by atoms with Gasteiger partial charge in [0.2, 0.25) is 0 Å². The van der Waals surface area contributed by atoms with Gasteiger partial charge in [-0.2, -0.15) is 0 Å². The van der Waals surface area contributed by atoms with Crippen LogP contribution in [0.4, 0.5) is 5.69 Å². The predicted molar refractivity (Wildman–Crippen MR) is 68.7 cm³/mol. The number of aliphatic carboxylic acids is 1. The van der Waals surface area contributed by atoms with E-state index in [-0.39, 0.29) is 6.42 Å². The van der Waals surface area contributed by atoms with E-state index in [4.69, 9.17) is 5.11 Å². The number of nitrogens with one attached hydrogen (secondary N) is 1. The van der Waals surface area contributed by atoms with Crippen LogP contribution in [0.5, 0.6) is 0 Å². The van der Waals surface area contributed by atoms with Crippen LogP contribution >= 0.6 is 15.9 Å². The van der Waals surface area contributed by atoms with Gasteiger partial charge in [-0.15, -0.1) is 0 Å². The van der Waals surface area contributed by atoms with Crippen molar-refractivity contribution in [1.82, 2.24) is 0 Å². The molecule has 0 aliphatic rings. The average Bonchev–Trinajstić information content (AvgIpc) is 2.25. The number of benzene rings is 1. The van der Waals surface area contributed by atoms with Gasteiger partial charge in [-0.1, -0.05) is 18.6 Å². The zero-order chi connectivity index (χ0) is 11.8. The van der Waals surface area contributed by atoms with Crippen LogP contribution in [0.15, 0.2) is 28.7 Å². The summed E-state index contributed by atoms with van der Waals surface area (Å²) in [5.74, 6) is -0.709. The first-order valence-electron chi connectivity index (χ1n) is 5.40. The third-order valence-corrected chi connectivity index (χ3v) is 2.95. The first-order chi connectivity index (χ1) is 7.70. The zero-order valence-electron chi connectivity index (χ0n) is 9.08. The summed E-state index contributed by atoms with van der Waals surface area (Å²) in [6.07, 6.45) is 2.97. The molecule has 1 aromatic rings. The second kappa shape index (κ2) is 7.28. The second-order valence-electron chi connectivity index (χ2n) is 3.61. The quantitative estimate of drug-likeness (QED) is 0.754. The molecule has 0 spiro atoms. The van der Waals surface area contributed by atoms with E-state index in [1.54, 1.807) is 0 Å². The fourth-order valence-electron chi connectivity index (χ4n) is 1.41. The third kappa shape index (κ3) is 5.16. The average molecular weight is 286 g/mol. The van der Waals surface area contributed by atoms with Crippen LogP contribution in [0.25, 0.3) is 0 Å². The van der Waals surface area contributed by atoms with Crippen LogP contribution < -0.4 is 5.32 Å². The Hall–Kier alpha value is -1.03. The van der Waals surface area contributed by atoms with E-state index in [2.05, 4.69) is 21.2 Å². The number of hydrogen-bond donors (Lipinski definition) is 2. The number of hydrogen-bond acceptors (Lipinski definition) is 2. The number of unbranched alkanes of at least 4 members (excludes halogenated alkanes) is 2. The molecule has 3 nitrogen and oxygen atoms in total. The molecule has 0 fully saturated rings. The number of carboxylic acid groups (broad SMARTS) is 1. The van der Waals surface area contributed by atoms with Gasteiger partial charge in [0.25, 0.3) is 0 Å². The monoisotopic (exact) mass is 285 g/mol. The first-order valence-corrected chi connectivity index (χ1v) is 6.19. The normalized spacial score (nSPS) is 10.1. The van der Waals surface area contributed by atoms with Crippen LogP contribution in [0, 0.1) is 0 Å². The molecule has 0 radical (unpaired) electrons. The Morgan fingerprint density at radius 2 is 2.00 bits per heavy atom. The highest BCUT2D eigenvalue weighted by Crippen LogP contribution is 2.21. The summed E-state index contributed by atoms with van der Waals surface area (Å²) >= 11 is 3.46. The minimum absolute atomic E-state index is 0.273. The Labute approximate surface area is 104 Å². The van der Waals surface area contributed by atoms with Gasteiger partial charge in [-0.3, -0.25) is 4.79 Å². The molecule has 1 rings (SSSR count). The van der Waals surface area contributed by atoms with Crippen LogP contribution in [-0.2, 0) is 4.79 Å². The van der Waals surface area contributed by atoms with Crippen molar-refractivity contribution in [2.24, 2.45) is 0 Å². The number of halogens is 1. The summed E-state index contributed by atoms with van der Waals surface area (Å²) < 4.78 is 1.06. The summed E-state index contributed by atoms with van der Waals surface area (Å²) in [7, 11) is 0. The van der Waals surface area contributed by atoms with Gasteiger partial charge in [0.15, 0.2) is 0 Å². The SMILES string of the molecule is O=C(O)CCCCCNc1ccccc1Br. The lowest BCUT2D eigenvalue weighted by molar-refractivity contribution is -0.137. The number of anilines is 1. The molecule has 0 amide bonds. The molecular weight excluding hydrogens is 270 g/mol. The van der Waals surface area contributed by atoms with E-state index in [9.17, 15) is 4.79 Å². The van der Waals surface area contributed by atoms with Crippen molar-refractivity contribution < 1.29 is 9.90 Å². The van der Waals surface area contributed by atoms with Gasteiger partial charge in [0.1, 0.15) is 0 Å². The fraction of sp³-hybridized carbons (Fsp3) is 0.417. The van der Waals surface area contributed by atoms with Crippen molar-refractivity contribution >= 4 is 27.6 Å². The van der Waals surface area contributed by atoms with Gasteiger partial charge >= 0.3 is 5.97 Å². The molecule has 0 unspecified atom stereocenters. The molecule has 0 bridgehead atoms. The molecule has 0 aliphatic heterocycles. The van der Waals surface area contributed by atoms with Gasteiger partial charge in [-0.05, 0) is 40.9 Å². The van der Waals surface area contributed by atoms with Crippen molar-refractivity contribution in [3.8, 4) is 0 Å². The maximum atomic E-state index is 10.3. The van der Waals surface area contributed by atoms with Gasteiger partial charge in [0.05, 0.1) is 0 Å². The molecule has 0 aliphatic carbocycles. The number of carbonyl (C=O) groups is 1. The molecule has 0 saturated heterocycles. The summed E-state index contributed by atoms with van der Waals surface area (Å²) in [5.41, 5.74) is 1.08. The Morgan fingerprint density at radius 1 is 1.25 bits per heavy atom. The van der Waals surface area contributed by atoms with Crippen LogP contribution in [0.3, 0.4) is 0 Å². The summed E-state index contributed by atoms with van der Waals surface area (Å²) in [5, 5.41) is 11.8. The summed E-state index contributed by atoms with van der Waals surface area (Å²) in [4.78, 5) is 10.3. The molecule has 0 aromatic heterocycles. The van der Waals surface area contributed by atoms with Crippen LogP contribution in [-0.4, -0.2) is 17.6 Å². The molecule has 88 valence electrons. The molecule has 1 aromatic carbocycles. The Kier molecular flexibility index (Phi) is 5.93. The lowest BCUT2D eigenvalue weighted by atomic mass is 10.2. The van der Waals surface area contributed by atoms with Gasteiger partial charge in [-0.25, -0.2) is 0 Å². The zero-order valence-corrected chi connectivity index (χ0v) is 10.7. The smallest absolute Gasteiger partial charge is 0.303 e. The highest BCUT2D eigenvalue weighted by molar-refractivity contribution is 9.10. The maximum absolute atomic E-state index is 10.3. The van der Waals surface area contributed by atoms with Crippen molar-refractivity contribution in [2.75, 3.05) is 11.9 Å². The van der Waals surface area contributed by atoms with E-state index < -0.39 is 5.97 Å². The van der Waals surface area contributed by atoms with E-state index in [1.807, 2.05) is 24.3 Å². The van der Waals surface area contributed by atoms with Crippen molar-refractivity contribution in [3.63, 3.8) is 0 Å². The van der Waals surface area contributed by atoms with Crippen LogP contribution in [0.1, 0.15) is 25.7 Å². The molecule has 4 heteroatoms. The van der Waals surface area contributed by atoms with E-state index in [1.165, 1.54) is 0 Å². The van der Waals surface area contributed by atoms with Gasteiger partial charge in [0, 0.05) is 23.1 Å². The van der Waals surface area contributed by atoms with E-state index >= 15 is 0 Å². The largest absolute Gasteiger partial charge is 0.481 e. The van der Waals surface area contributed by atoms with E-state index in [0.717, 1.165) is 36.0 Å². The third-order valence-electron chi connectivity index (χ3n) is 2.26. The topological polar surface area (TPSA) is 49.3 Å². The number of para-hydroxylation sites is 1. The van der Waals surface area contributed by atoms with Crippen LogP contribution in [0.2, 0.25) is 0 Å². The van der Waals surface area contributed by atoms with Crippen molar-refractivity contribution in [3.05, 3.63) is 28.7 Å². The van der Waals surface area contributed by atoms with E-state index in [0.29, 0.717) is 0 Å². The van der Waals surface area contributed by atoms with Gasteiger partial charge < -0.3 is 10.4 Å². The van der Waals surface area contributed by atoms with Crippen molar-refractivity contribution in [1.29, 1.82) is 0 Å². The maximum Gasteiger partial charge on any atom is 0.303 e. The lowest BCUT2D eigenvalue weighted by Crippen LogP contribution is -2.02. The van der Waals surface area contributed by atoms with Crippen molar-refractivity contribution in [2.45, 2.75) is 25.7 Å². The Bertz CT molecular complexity index is 342. The number of carboxylic acids is 1. The first kappa shape index (κ1) is 13.0. The lowest BCUT2D eigenvalue weighted by Gasteiger charge is -2.07. The molecule has 2 N–H and O–H groups in total.